The molecule has 0 aliphatic carbocycles. The molecule has 0 amide bonds. The maximum absolute atomic E-state index is 2.39. The van der Waals surface area contributed by atoms with E-state index in [4.69, 9.17) is 0 Å². The standard InChI is InChI=1S/C13H16Si/c1-14(2,3)13-9-8-11-6-4-5-7-12(11)10-13/h4-10H,1-3H3. The molecule has 0 bridgehead atoms. The highest BCUT2D eigenvalue weighted by Crippen LogP contribution is 2.13. The summed E-state index contributed by atoms with van der Waals surface area (Å²) in [6, 6.07) is 15.4. The Morgan fingerprint density at radius 1 is 0.786 bits per heavy atom. The van der Waals surface area contributed by atoms with Crippen molar-refractivity contribution in [2.24, 2.45) is 0 Å². The molecule has 1 heteroatoms. The van der Waals surface area contributed by atoms with Crippen LogP contribution in [0.15, 0.2) is 42.5 Å². The Hall–Kier alpha value is -1.08. The van der Waals surface area contributed by atoms with Gasteiger partial charge in [0.2, 0.25) is 0 Å². The van der Waals surface area contributed by atoms with Crippen LogP contribution in [0.2, 0.25) is 19.6 Å². The molecule has 0 unspecified atom stereocenters. The fourth-order valence-corrected chi connectivity index (χ4v) is 2.83. The maximum Gasteiger partial charge on any atom is 0.0776 e. The summed E-state index contributed by atoms with van der Waals surface area (Å²) in [6.45, 7) is 7.16. The van der Waals surface area contributed by atoms with Gasteiger partial charge in [-0.3, -0.25) is 0 Å². The molecule has 0 radical (unpaired) electrons. The summed E-state index contributed by atoms with van der Waals surface area (Å²) in [6.07, 6.45) is 0. The first-order chi connectivity index (χ1) is 6.57. The molecule has 0 atom stereocenters. The van der Waals surface area contributed by atoms with Crippen LogP contribution in [-0.4, -0.2) is 8.07 Å². The van der Waals surface area contributed by atoms with E-state index >= 15 is 0 Å². The largest absolute Gasteiger partial charge is 0.0776 e. The molecular weight excluding hydrogens is 184 g/mol. The summed E-state index contributed by atoms with van der Waals surface area (Å²) < 4.78 is 0. The number of rotatable bonds is 1. The van der Waals surface area contributed by atoms with Gasteiger partial charge in [0.05, 0.1) is 8.07 Å². The molecule has 0 aliphatic heterocycles. The summed E-state index contributed by atoms with van der Waals surface area (Å²) in [4.78, 5) is 0. The van der Waals surface area contributed by atoms with Crippen LogP contribution in [0.25, 0.3) is 10.8 Å². The SMILES string of the molecule is C[Si](C)(C)c1ccc2ccccc2c1. The van der Waals surface area contributed by atoms with Crippen LogP contribution < -0.4 is 5.19 Å². The molecule has 0 spiro atoms. The quantitative estimate of drug-likeness (QED) is 0.619. The van der Waals surface area contributed by atoms with Crippen LogP contribution in [0.1, 0.15) is 0 Å². The summed E-state index contributed by atoms with van der Waals surface area (Å²) in [5, 5.41) is 4.25. The third-order valence-electron chi connectivity index (χ3n) is 2.62. The van der Waals surface area contributed by atoms with Crippen LogP contribution >= 0.6 is 0 Å². The van der Waals surface area contributed by atoms with Crippen molar-refractivity contribution in [1.82, 2.24) is 0 Å². The van der Waals surface area contributed by atoms with Gasteiger partial charge in [-0.1, -0.05) is 67.3 Å². The molecule has 0 aliphatic rings. The lowest BCUT2D eigenvalue weighted by atomic mass is 10.1. The molecule has 2 aromatic rings. The first kappa shape index (κ1) is 9.47. The van der Waals surface area contributed by atoms with E-state index in [0.717, 1.165) is 0 Å². The van der Waals surface area contributed by atoms with Crippen molar-refractivity contribution >= 4 is 24.0 Å². The lowest BCUT2D eigenvalue weighted by molar-refractivity contribution is 1.71. The van der Waals surface area contributed by atoms with Crippen molar-refractivity contribution in [2.75, 3.05) is 0 Å². The second-order valence-corrected chi connectivity index (χ2v) is 9.89. The molecule has 14 heavy (non-hydrogen) atoms. The Morgan fingerprint density at radius 2 is 1.43 bits per heavy atom. The monoisotopic (exact) mass is 200 g/mol. The van der Waals surface area contributed by atoms with Crippen molar-refractivity contribution < 1.29 is 0 Å². The topological polar surface area (TPSA) is 0 Å². The number of hydrogen-bond donors (Lipinski definition) is 0. The van der Waals surface area contributed by atoms with E-state index in [9.17, 15) is 0 Å². The molecule has 2 rings (SSSR count). The summed E-state index contributed by atoms with van der Waals surface area (Å²) in [5.74, 6) is 0. The highest BCUT2D eigenvalue weighted by Gasteiger charge is 2.15. The van der Waals surface area contributed by atoms with E-state index in [2.05, 4.69) is 62.1 Å². The molecule has 72 valence electrons. The average Bonchev–Trinajstić information content (AvgIpc) is 2.16. The van der Waals surface area contributed by atoms with Gasteiger partial charge < -0.3 is 0 Å². The van der Waals surface area contributed by atoms with Crippen molar-refractivity contribution in [3.05, 3.63) is 42.5 Å². The maximum atomic E-state index is 2.39. The van der Waals surface area contributed by atoms with E-state index < -0.39 is 8.07 Å². The lowest BCUT2D eigenvalue weighted by Crippen LogP contribution is -2.37. The number of benzene rings is 2. The van der Waals surface area contributed by atoms with Gasteiger partial charge in [-0.15, -0.1) is 0 Å². The Morgan fingerprint density at radius 3 is 2.07 bits per heavy atom. The summed E-state index contributed by atoms with van der Waals surface area (Å²) in [5.41, 5.74) is 0. The van der Waals surface area contributed by atoms with Crippen LogP contribution in [-0.2, 0) is 0 Å². The molecular formula is C13H16Si. The summed E-state index contributed by atoms with van der Waals surface area (Å²) in [7, 11) is -1.15. The van der Waals surface area contributed by atoms with E-state index in [1.54, 1.807) is 0 Å². The Balaban J connectivity index is 2.63. The highest BCUT2D eigenvalue weighted by atomic mass is 28.3. The third kappa shape index (κ3) is 1.73. The summed E-state index contributed by atoms with van der Waals surface area (Å²) >= 11 is 0. The Kier molecular flexibility index (Phi) is 2.20. The van der Waals surface area contributed by atoms with E-state index in [1.165, 1.54) is 16.0 Å². The van der Waals surface area contributed by atoms with Gasteiger partial charge in [0.25, 0.3) is 0 Å². The van der Waals surface area contributed by atoms with Crippen molar-refractivity contribution in [2.45, 2.75) is 19.6 Å². The zero-order valence-electron chi connectivity index (χ0n) is 9.04. The van der Waals surface area contributed by atoms with Crippen LogP contribution in [0.5, 0.6) is 0 Å². The zero-order valence-corrected chi connectivity index (χ0v) is 10.0. The fourth-order valence-electron chi connectivity index (χ4n) is 1.66. The predicted octanol–water partition coefficient (Wildman–Crippen LogP) is 3.39. The average molecular weight is 200 g/mol. The molecule has 2 aromatic carbocycles. The van der Waals surface area contributed by atoms with Gasteiger partial charge in [-0.2, -0.15) is 0 Å². The van der Waals surface area contributed by atoms with E-state index in [-0.39, 0.29) is 0 Å². The first-order valence-corrected chi connectivity index (χ1v) is 8.57. The fraction of sp³-hybridized carbons (Fsp3) is 0.231. The minimum absolute atomic E-state index is 1.15. The smallest absolute Gasteiger partial charge is 0.0656 e. The van der Waals surface area contributed by atoms with Gasteiger partial charge >= 0.3 is 0 Å². The number of fused-ring (bicyclic) bond motifs is 1. The van der Waals surface area contributed by atoms with Crippen molar-refractivity contribution in [3.8, 4) is 0 Å². The number of hydrogen-bond acceptors (Lipinski definition) is 0. The molecule has 0 heterocycles. The second-order valence-electron chi connectivity index (χ2n) is 4.81. The second kappa shape index (κ2) is 3.25. The molecule has 0 nitrogen and oxygen atoms in total. The zero-order chi connectivity index (χ0) is 10.2. The van der Waals surface area contributed by atoms with Gasteiger partial charge in [-0.25, -0.2) is 0 Å². The molecule has 0 aromatic heterocycles. The van der Waals surface area contributed by atoms with E-state index in [0.29, 0.717) is 0 Å². The lowest BCUT2D eigenvalue weighted by Gasteiger charge is -2.16. The van der Waals surface area contributed by atoms with Crippen LogP contribution in [0.3, 0.4) is 0 Å². The Labute approximate surface area is 86.6 Å². The van der Waals surface area contributed by atoms with Gasteiger partial charge in [-0.05, 0) is 10.8 Å². The van der Waals surface area contributed by atoms with Gasteiger partial charge in [0, 0.05) is 0 Å². The van der Waals surface area contributed by atoms with Crippen molar-refractivity contribution in [1.29, 1.82) is 0 Å². The molecule has 0 saturated heterocycles. The van der Waals surface area contributed by atoms with E-state index in [1.807, 2.05) is 0 Å². The van der Waals surface area contributed by atoms with Gasteiger partial charge in [0.15, 0.2) is 0 Å². The van der Waals surface area contributed by atoms with Crippen LogP contribution in [0, 0.1) is 0 Å². The Bertz CT molecular complexity index is 452. The van der Waals surface area contributed by atoms with Crippen LogP contribution in [0.4, 0.5) is 0 Å². The highest BCUT2D eigenvalue weighted by molar-refractivity contribution is 6.88. The predicted molar refractivity (Wildman–Crippen MR) is 66.9 cm³/mol. The van der Waals surface area contributed by atoms with Crippen molar-refractivity contribution in [3.63, 3.8) is 0 Å². The minimum atomic E-state index is -1.15. The molecule has 0 saturated carbocycles. The minimum Gasteiger partial charge on any atom is -0.0656 e. The normalized spacial score (nSPS) is 11.9. The third-order valence-corrected chi connectivity index (χ3v) is 4.66. The first-order valence-electron chi connectivity index (χ1n) is 5.07. The molecule has 0 N–H and O–H groups in total. The molecule has 0 fully saturated rings. The van der Waals surface area contributed by atoms with Gasteiger partial charge in [0.1, 0.15) is 0 Å².